The van der Waals surface area contributed by atoms with Crippen molar-refractivity contribution in [1.29, 1.82) is 0 Å². The summed E-state index contributed by atoms with van der Waals surface area (Å²) >= 11 is 2.83. The van der Waals surface area contributed by atoms with Gasteiger partial charge in [-0.2, -0.15) is 0 Å². The molecular formula is C37H48N6O5S2. The van der Waals surface area contributed by atoms with Gasteiger partial charge in [-0.15, -0.1) is 11.3 Å². The summed E-state index contributed by atoms with van der Waals surface area (Å²) in [7, 11) is 1.68. The minimum Gasteiger partial charge on any atom is -0.444 e. The van der Waals surface area contributed by atoms with Gasteiger partial charge in [0.15, 0.2) is 0 Å². The maximum atomic E-state index is 13.9. The molecule has 0 aliphatic carbocycles. The Morgan fingerprint density at radius 1 is 0.940 bits per heavy atom. The second-order valence-corrected chi connectivity index (χ2v) is 14.6. The number of hydrogen-bond donors (Lipinski definition) is 4. The van der Waals surface area contributed by atoms with Gasteiger partial charge in [0.25, 0.3) is 0 Å². The number of aliphatic hydroxyl groups is 1. The van der Waals surface area contributed by atoms with Crippen LogP contribution in [0.2, 0.25) is 0 Å². The monoisotopic (exact) mass is 720 g/mol. The second kappa shape index (κ2) is 19.8. The highest BCUT2D eigenvalue weighted by Crippen LogP contribution is 2.17. The molecule has 2 aromatic carbocycles. The van der Waals surface area contributed by atoms with E-state index in [0.717, 1.165) is 39.5 Å². The van der Waals surface area contributed by atoms with Gasteiger partial charge in [-0.05, 0) is 66.7 Å². The number of nitrogens with one attached hydrogen (secondary N) is 3. The molecular weight excluding hydrogens is 673 g/mol. The highest BCUT2D eigenvalue weighted by molar-refractivity contribution is 7.09. The number of aliphatic hydroxyl groups excluding tert-OH is 1. The number of aromatic nitrogens is 2. The van der Waals surface area contributed by atoms with Crippen LogP contribution in [0.5, 0.6) is 0 Å². The lowest BCUT2D eigenvalue weighted by molar-refractivity contribution is -0.124. The number of benzene rings is 2. The number of ether oxygens (including phenoxy) is 1. The summed E-state index contributed by atoms with van der Waals surface area (Å²) in [5, 5.41) is 23.5. The number of thiazole rings is 1. The van der Waals surface area contributed by atoms with E-state index in [1.54, 1.807) is 30.6 Å². The predicted molar refractivity (Wildman–Crippen MR) is 197 cm³/mol. The number of urea groups is 1. The van der Waals surface area contributed by atoms with Crippen LogP contribution < -0.4 is 16.0 Å². The third-order valence-corrected chi connectivity index (χ3v) is 9.81. The number of carbonyl (C=O) groups excluding carboxylic acids is 3. The third kappa shape index (κ3) is 12.5. The van der Waals surface area contributed by atoms with E-state index in [2.05, 4.69) is 32.2 Å². The van der Waals surface area contributed by atoms with Gasteiger partial charge in [-0.3, -0.25) is 4.79 Å². The zero-order chi connectivity index (χ0) is 35.9. The van der Waals surface area contributed by atoms with Crippen LogP contribution in [0.4, 0.5) is 9.59 Å². The molecule has 4 atom stereocenters. The van der Waals surface area contributed by atoms with E-state index in [4.69, 9.17) is 4.74 Å². The molecule has 0 aliphatic heterocycles. The number of hydrogen-bond acceptors (Lipinski definition) is 9. The van der Waals surface area contributed by atoms with Gasteiger partial charge in [0.2, 0.25) is 5.91 Å². The van der Waals surface area contributed by atoms with Crippen molar-refractivity contribution in [2.24, 2.45) is 5.92 Å². The average molecular weight is 721 g/mol. The van der Waals surface area contributed by atoms with Gasteiger partial charge in [-0.1, -0.05) is 81.4 Å². The lowest BCUT2D eigenvalue weighted by Crippen LogP contribution is -2.55. The fourth-order valence-electron chi connectivity index (χ4n) is 5.48. The summed E-state index contributed by atoms with van der Waals surface area (Å²) in [6.07, 6.45) is 2.75. The highest BCUT2D eigenvalue weighted by Gasteiger charge is 2.31. The number of rotatable bonds is 18. The Labute approximate surface area is 302 Å². The van der Waals surface area contributed by atoms with Crippen molar-refractivity contribution in [3.8, 4) is 0 Å². The molecule has 268 valence electrons. The number of carbonyl (C=O) groups is 3. The SMILES string of the molecule is CCCc1nc(CN(C)C(=O)N[C@H](C(=O)N[C@@H](Cc2ccccc2)C[C@H](O)[C@H](Cc2ccccc2)NC(=O)OCc2ccns2)C(C)C)cs1. The van der Waals surface area contributed by atoms with Crippen molar-refractivity contribution in [1.82, 2.24) is 30.2 Å². The van der Waals surface area contributed by atoms with Crippen LogP contribution in [0.3, 0.4) is 0 Å². The first-order chi connectivity index (χ1) is 24.1. The van der Waals surface area contributed by atoms with E-state index in [0.29, 0.717) is 19.4 Å². The molecule has 0 saturated heterocycles. The quantitative estimate of drug-likeness (QED) is 0.103. The summed E-state index contributed by atoms with van der Waals surface area (Å²) < 4.78 is 9.46. The van der Waals surface area contributed by atoms with E-state index in [9.17, 15) is 19.5 Å². The molecule has 0 unspecified atom stereocenters. The summed E-state index contributed by atoms with van der Waals surface area (Å²) in [6.45, 7) is 6.25. The number of amides is 4. The first-order valence-electron chi connectivity index (χ1n) is 16.9. The molecule has 2 aromatic heterocycles. The predicted octanol–water partition coefficient (Wildman–Crippen LogP) is 5.73. The van der Waals surface area contributed by atoms with Crippen LogP contribution in [0.15, 0.2) is 78.3 Å². The van der Waals surface area contributed by atoms with Crippen molar-refractivity contribution >= 4 is 40.9 Å². The third-order valence-electron chi connectivity index (χ3n) is 8.14. The molecule has 50 heavy (non-hydrogen) atoms. The Bertz CT molecular complexity index is 1600. The molecule has 11 nitrogen and oxygen atoms in total. The van der Waals surface area contributed by atoms with E-state index < -0.39 is 30.3 Å². The van der Waals surface area contributed by atoms with Crippen LogP contribution in [-0.2, 0) is 41.9 Å². The average Bonchev–Trinajstić information content (AvgIpc) is 3.79. The van der Waals surface area contributed by atoms with Crippen LogP contribution in [0.1, 0.15) is 60.3 Å². The fraction of sp³-hybridized carbons (Fsp3) is 0.432. The van der Waals surface area contributed by atoms with Gasteiger partial charge < -0.3 is 30.7 Å². The summed E-state index contributed by atoms with van der Waals surface area (Å²) in [5.41, 5.74) is 2.70. The second-order valence-electron chi connectivity index (χ2n) is 12.7. The zero-order valence-electron chi connectivity index (χ0n) is 29.1. The van der Waals surface area contributed by atoms with E-state index in [-0.39, 0.29) is 30.9 Å². The summed E-state index contributed by atoms with van der Waals surface area (Å²) in [5.74, 6) is -0.573. The Morgan fingerprint density at radius 3 is 2.24 bits per heavy atom. The van der Waals surface area contributed by atoms with Crippen LogP contribution in [-0.4, -0.2) is 68.7 Å². The lowest BCUT2D eigenvalue weighted by atomic mass is 9.93. The molecule has 0 fully saturated rings. The molecule has 4 aromatic rings. The zero-order valence-corrected chi connectivity index (χ0v) is 30.7. The molecule has 0 radical (unpaired) electrons. The molecule has 4 N–H and O–H groups in total. The highest BCUT2D eigenvalue weighted by atomic mass is 32.1. The number of nitrogens with zero attached hydrogens (tertiary/aromatic N) is 3. The van der Waals surface area contributed by atoms with E-state index in [1.807, 2.05) is 79.9 Å². The maximum Gasteiger partial charge on any atom is 0.407 e. The van der Waals surface area contributed by atoms with Crippen LogP contribution >= 0.6 is 22.9 Å². The molecule has 0 spiro atoms. The van der Waals surface area contributed by atoms with Gasteiger partial charge >= 0.3 is 12.1 Å². The Morgan fingerprint density at radius 2 is 1.62 bits per heavy atom. The fourth-order valence-corrected chi connectivity index (χ4v) is 6.86. The van der Waals surface area contributed by atoms with E-state index >= 15 is 0 Å². The number of aryl methyl sites for hydroxylation is 1. The smallest absolute Gasteiger partial charge is 0.407 e. The van der Waals surface area contributed by atoms with Gasteiger partial charge in [0, 0.05) is 24.7 Å². The minimum atomic E-state index is -1.05. The first-order valence-corrected chi connectivity index (χ1v) is 18.6. The standard InChI is InChI=1S/C37H48N6O5S2/c1-5-12-33-39-29(24-49-33)22-43(4)36(46)42-34(25(2)3)35(45)40-28(19-26-13-8-6-9-14-26)21-32(44)31(20-27-15-10-7-11-16-27)41-37(47)48-23-30-17-18-38-50-30/h6-11,13-18,24-25,28,31-32,34,44H,5,12,19-23H2,1-4H3,(H,40,45)(H,41,47)(H,42,46)/t28-,31-,32-,34-/m0/s1. The van der Waals surface area contributed by atoms with E-state index in [1.165, 1.54) is 16.4 Å². The van der Waals surface area contributed by atoms with Crippen molar-refractivity contribution < 1.29 is 24.2 Å². The van der Waals surface area contributed by atoms with Crippen LogP contribution in [0, 0.1) is 5.92 Å². The van der Waals surface area contributed by atoms with Gasteiger partial charge in [0.1, 0.15) is 12.6 Å². The minimum absolute atomic E-state index is 0.0680. The molecule has 13 heteroatoms. The number of alkyl carbamates (subject to hydrolysis) is 1. The Kier molecular flexibility index (Phi) is 15.2. The van der Waals surface area contributed by atoms with Crippen molar-refractivity contribution in [3.63, 3.8) is 0 Å². The van der Waals surface area contributed by atoms with Crippen molar-refractivity contribution in [2.75, 3.05) is 7.05 Å². The molecule has 4 rings (SSSR count). The Hall–Kier alpha value is -4.33. The van der Waals surface area contributed by atoms with Crippen molar-refractivity contribution in [2.45, 2.75) is 90.3 Å². The molecule has 0 saturated carbocycles. The van der Waals surface area contributed by atoms with Crippen molar-refractivity contribution in [3.05, 3.63) is 105 Å². The molecule has 2 heterocycles. The van der Waals surface area contributed by atoms with Gasteiger partial charge in [-0.25, -0.2) is 18.9 Å². The normalized spacial score (nSPS) is 13.6. The lowest BCUT2D eigenvalue weighted by Gasteiger charge is -2.30. The largest absolute Gasteiger partial charge is 0.444 e. The molecule has 0 bridgehead atoms. The van der Waals surface area contributed by atoms with Crippen LogP contribution in [0.25, 0.3) is 0 Å². The Balaban J connectivity index is 1.46. The van der Waals surface area contributed by atoms with Gasteiger partial charge in [0.05, 0.1) is 34.3 Å². The summed E-state index contributed by atoms with van der Waals surface area (Å²) in [6, 6.07) is 18.6. The first kappa shape index (κ1) is 38.5. The maximum absolute atomic E-state index is 13.9. The molecule has 0 aliphatic rings. The topological polar surface area (TPSA) is 146 Å². The summed E-state index contributed by atoms with van der Waals surface area (Å²) in [4.78, 5) is 47.0. The molecule has 4 amide bonds.